The smallest absolute Gasteiger partial charge is 0.248 e. The molecule has 1 aliphatic heterocycles. The Morgan fingerprint density at radius 1 is 0.931 bits per heavy atom. The Hall–Kier alpha value is -2.22. The Balaban J connectivity index is 1.27. The number of aromatic nitrogens is 2. The van der Waals surface area contributed by atoms with E-state index in [2.05, 4.69) is 48.1 Å². The zero-order valence-corrected chi connectivity index (χ0v) is 18.1. The molecule has 0 amide bonds. The van der Waals surface area contributed by atoms with Crippen molar-refractivity contribution in [3.8, 4) is 17.2 Å². The lowest BCUT2D eigenvalue weighted by atomic mass is 10.2. The largest absolute Gasteiger partial charge is 0.494 e. The van der Waals surface area contributed by atoms with Gasteiger partial charge < -0.3 is 9.15 Å². The van der Waals surface area contributed by atoms with Crippen molar-refractivity contribution in [3.63, 3.8) is 0 Å². The van der Waals surface area contributed by atoms with Crippen LogP contribution in [-0.4, -0.2) is 52.8 Å². The summed E-state index contributed by atoms with van der Waals surface area (Å²) in [6, 6.07) is 16.3. The molecule has 0 N–H and O–H groups in total. The molecule has 29 heavy (non-hydrogen) atoms. The van der Waals surface area contributed by atoms with Crippen LogP contribution in [0.5, 0.6) is 5.75 Å². The quantitative estimate of drug-likeness (QED) is 0.530. The first kappa shape index (κ1) is 20.1. The molecule has 6 nitrogen and oxygen atoms in total. The number of ether oxygens (including phenoxy) is 1. The van der Waals surface area contributed by atoms with Gasteiger partial charge in [0.15, 0.2) is 0 Å². The summed E-state index contributed by atoms with van der Waals surface area (Å²) in [5.41, 5.74) is 2.24. The minimum absolute atomic E-state index is 0.557. The lowest BCUT2D eigenvalue weighted by Gasteiger charge is -2.33. The highest BCUT2D eigenvalue weighted by molar-refractivity contribution is 9.10. The summed E-state index contributed by atoms with van der Waals surface area (Å²) in [5.74, 6) is 2.15. The molecule has 152 valence electrons. The zero-order valence-electron chi connectivity index (χ0n) is 16.6. The molecular formula is C22H25BrN4O2. The Kier molecular flexibility index (Phi) is 6.59. The summed E-state index contributed by atoms with van der Waals surface area (Å²) >= 11 is 3.54. The Bertz CT molecular complexity index is 921. The van der Waals surface area contributed by atoms with E-state index in [0.717, 1.165) is 48.5 Å². The molecule has 1 fully saturated rings. The Labute approximate surface area is 179 Å². The number of rotatable bonds is 7. The predicted octanol–water partition coefficient (Wildman–Crippen LogP) is 4.22. The van der Waals surface area contributed by atoms with Crippen LogP contribution in [-0.2, 0) is 13.1 Å². The summed E-state index contributed by atoms with van der Waals surface area (Å²) < 4.78 is 12.4. The van der Waals surface area contributed by atoms with Crippen LogP contribution < -0.4 is 4.74 Å². The number of nitrogens with zero attached hydrogens (tertiary/aromatic N) is 4. The SMILES string of the molecule is CCOc1ccc(CN2CCN(Cc3nnc(-c4ccccc4Br)o3)CC2)cc1. The first-order valence-electron chi connectivity index (χ1n) is 9.95. The first-order chi connectivity index (χ1) is 14.2. The third kappa shape index (κ3) is 5.23. The summed E-state index contributed by atoms with van der Waals surface area (Å²) in [7, 11) is 0. The van der Waals surface area contributed by atoms with Crippen molar-refractivity contribution in [2.45, 2.75) is 20.0 Å². The summed E-state index contributed by atoms with van der Waals surface area (Å²) in [6.07, 6.45) is 0. The van der Waals surface area contributed by atoms with E-state index in [1.807, 2.05) is 43.3 Å². The number of hydrogen-bond donors (Lipinski definition) is 0. The van der Waals surface area contributed by atoms with Gasteiger partial charge in [-0.15, -0.1) is 10.2 Å². The van der Waals surface area contributed by atoms with Gasteiger partial charge in [0.25, 0.3) is 0 Å². The Morgan fingerprint density at radius 3 is 2.31 bits per heavy atom. The second-order valence-corrected chi connectivity index (χ2v) is 7.96. The molecule has 0 radical (unpaired) electrons. The summed E-state index contributed by atoms with van der Waals surface area (Å²) in [5, 5.41) is 8.44. The highest BCUT2D eigenvalue weighted by atomic mass is 79.9. The molecule has 0 aliphatic carbocycles. The molecule has 1 saturated heterocycles. The van der Waals surface area contributed by atoms with E-state index in [-0.39, 0.29) is 0 Å². The van der Waals surface area contributed by atoms with Crippen LogP contribution in [0.3, 0.4) is 0 Å². The molecule has 0 atom stereocenters. The molecule has 2 aromatic carbocycles. The average molecular weight is 457 g/mol. The molecule has 4 rings (SSSR count). The van der Waals surface area contributed by atoms with Crippen molar-refractivity contribution < 1.29 is 9.15 Å². The van der Waals surface area contributed by atoms with Crippen molar-refractivity contribution in [2.75, 3.05) is 32.8 Å². The van der Waals surface area contributed by atoms with E-state index in [1.165, 1.54) is 5.56 Å². The highest BCUT2D eigenvalue weighted by Crippen LogP contribution is 2.27. The van der Waals surface area contributed by atoms with Crippen LogP contribution in [0.2, 0.25) is 0 Å². The van der Waals surface area contributed by atoms with Crippen LogP contribution in [0.1, 0.15) is 18.4 Å². The molecule has 0 bridgehead atoms. The van der Waals surface area contributed by atoms with Gasteiger partial charge in [-0.1, -0.05) is 24.3 Å². The average Bonchev–Trinajstić information content (AvgIpc) is 3.20. The first-order valence-corrected chi connectivity index (χ1v) is 10.7. The van der Waals surface area contributed by atoms with Crippen LogP contribution in [0.4, 0.5) is 0 Å². The van der Waals surface area contributed by atoms with Crippen LogP contribution in [0.15, 0.2) is 57.4 Å². The fraction of sp³-hybridized carbons (Fsp3) is 0.364. The summed E-state index contributed by atoms with van der Waals surface area (Å²) in [6.45, 7) is 8.39. The minimum Gasteiger partial charge on any atom is -0.494 e. The molecule has 1 aromatic heterocycles. The van der Waals surface area contributed by atoms with Crippen LogP contribution >= 0.6 is 15.9 Å². The van der Waals surface area contributed by atoms with E-state index in [4.69, 9.17) is 9.15 Å². The van der Waals surface area contributed by atoms with Gasteiger partial charge in [0, 0.05) is 37.2 Å². The number of benzene rings is 2. The third-order valence-corrected chi connectivity index (χ3v) is 5.73. The van der Waals surface area contributed by atoms with Crippen molar-refractivity contribution in [2.24, 2.45) is 0 Å². The normalized spacial score (nSPS) is 15.5. The topological polar surface area (TPSA) is 54.6 Å². The molecular weight excluding hydrogens is 432 g/mol. The molecule has 2 heterocycles. The van der Waals surface area contributed by atoms with Gasteiger partial charge in [-0.05, 0) is 52.7 Å². The minimum atomic E-state index is 0.557. The lowest BCUT2D eigenvalue weighted by Crippen LogP contribution is -2.45. The highest BCUT2D eigenvalue weighted by Gasteiger charge is 2.20. The lowest BCUT2D eigenvalue weighted by molar-refractivity contribution is 0.114. The molecule has 7 heteroatoms. The van der Waals surface area contributed by atoms with E-state index in [1.54, 1.807) is 0 Å². The van der Waals surface area contributed by atoms with Gasteiger partial charge in [-0.3, -0.25) is 9.80 Å². The summed E-state index contributed by atoms with van der Waals surface area (Å²) in [4.78, 5) is 4.85. The molecule has 3 aromatic rings. The van der Waals surface area contributed by atoms with E-state index >= 15 is 0 Å². The second kappa shape index (κ2) is 9.52. The fourth-order valence-electron chi connectivity index (χ4n) is 3.47. The van der Waals surface area contributed by atoms with E-state index < -0.39 is 0 Å². The zero-order chi connectivity index (χ0) is 20.1. The van der Waals surface area contributed by atoms with Crippen LogP contribution in [0, 0.1) is 0 Å². The molecule has 1 aliphatic rings. The van der Waals surface area contributed by atoms with Gasteiger partial charge in [0.05, 0.1) is 18.7 Å². The fourth-order valence-corrected chi connectivity index (χ4v) is 3.93. The van der Waals surface area contributed by atoms with Crippen LogP contribution in [0.25, 0.3) is 11.5 Å². The van der Waals surface area contributed by atoms with Gasteiger partial charge in [0.1, 0.15) is 5.75 Å². The number of hydrogen-bond acceptors (Lipinski definition) is 6. The molecule has 0 saturated carbocycles. The van der Waals surface area contributed by atoms with Crippen molar-refractivity contribution >= 4 is 15.9 Å². The third-order valence-electron chi connectivity index (χ3n) is 5.04. The van der Waals surface area contributed by atoms with Crippen molar-refractivity contribution in [3.05, 3.63) is 64.5 Å². The standard InChI is InChI=1S/C22H25BrN4O2/c1-2-28-18-9-7-17(8-10-18)15-26-11-13-27(14-12-26)16-21-24-25-22(29-21)19-5-3-4-6-20(19)23/h3-10H,2,11-16H2,1H3. The van der Waals surface area contributed by atoms with E-state index in [0.29, 0.717) is 24.9 Å². The van der Waals surface area contributed by atoms with Gasteiger partial charge >= 0.3 is 0 Å². The second-order valence-electron chi connectivity index (χ2n) is 7.11. The number of halogens is 1. The van der Waals surface area contributed by atoms with Gasteiger partial charge in [-0.2, -0.15) is 0 Å². The molecule has 0 unspecified atom stereocenters. The van der Waals surface area contributed by atoms with Crippen molar-refractivity contribution in [1.29, 1.82) is 0 Å². The maximum atomic E-state index is 5.89. The molecule has 0 spiro atoms. The number of piperazine rings is 1. The predicted molar refractivity (Wildman–Crippen MR) is 116 cm³/mol. The Morgan fingerprint density at radius 2 is 1.62 bits per heavy atom. The van der Waals surface area contributed by atoms with Gasteiger partial charge in [0.2, 0.25) is 11.8 Å². The van der Waals surface area contributed by atoms with E-state index in [9.17, 15) is 0 Å². The van der Waals surface area contributed by atoms with Crippen molar-refractivity contribution in [1.82, 2.24) is 20.0 Å². The monoisotopic (exact) mass is 456 g/mol. The maximum Gasteiger partial charge on any atom is 0.248 e. The van der Waals surface area contributed by atoms with Gasteiger partial charge in [-0.25, -0.2) is 0 Å². The maximum absolute atomic E-state index is 5.89.